The second-order valence-electron chi connectivity index (χ2n) is 7.04. The third-order valence-electron chi connectivity index (χ3n) is 5.01. The molecule has 4 nitrogen and oxygen atoms in total. The number of aromatic nitrogens is 1. The highest BCUT2D eigenvalue weighted by atomic mass is 32.1. The Hall–Kier alpha value is -1.72. The van der Waals surface area contributed by atoms with Crippen molar-refractivity contribution < 1.29 is 4.79 Å². The number of carbonyl (C=O) groups is 1. The summed E-state index contributed by atoms with van der Waals surface area (Å²) >= 11 is 1.67. The van der Waals surface area contributed by atoms with Gasteiger partial charge in [-0.25, -0.2) is 4.98 Å². The minimum atomic E-state index is 0.0685. The second-order valence-corrected chi connectivity index (χ2v) is 8.10. The van der Waals surface area contributed by atoms with E-state index >= 15 is 0 Å². The lowest BCUT2D eigenvalue weighted by Gasteiger charge is -2.34. The number of thiazole rings is 1. The van der Waals surface area contributed by atoms with Gasteiger partial charge in [-0.2, -0.15) is 0 Å². The number of rotatable bonds is 7. The third-order valence-corrected chi connectivity index (χ3v) is 5.78. The Kier molecular flexibility index (Phi) is 6.80. The highest BCUT2D eigenvalue weighted by Crippen LogP contribution is 2.22. The summed E-state index contributed by atoms with van der Waals surface area (Å²) < 4.78 is 0. The number of amides is 1. The molecule has 0 spiro atoms. The smallest absolute Gasteiger partial charge is 0.237 e. The Labute approximate surface area is 160 Å². The molecule has 1 aromatic carbocycles. The number of carbonyl (C=O) groups excluding carboxylic acids is 1. The van der Waals surface area contributed by atoms with Crippen molar-refractivity contribution in [3.8, 4) is 11.3 Å². The molecule has 0 saturated carbocycles. The third kappa shape index (κ3) is 4.92. The van der Waals surface area contributed by atoms with Crippen LogP contribution >= 0.6 is 11.3 Å². The number of aryl methyl sites for hydroxylation is 1. The Morgan fingerprint density at radius 1 is 1.31 bits per heavy atom. The van der Waals surface area contributed by atoms with E-state index < -0.39 is 0 Å². The van der Waals surface area contributed by atoms with Crippen LogP contribution < -0.4 is 5.32 Å². The first-order chi connectivity index (χ1) is 12.7. The Morgan fingerprint density at radius 3 is 2.81 bits per heavy atom. The van der Waals surface area contributed by atoms with Gasteiger partial charge in [-0.15, -0.1) is 11.3 Å². The molecule has 1 atom stereocenters. The van der Waals surface area contributed by atoms with E-state index in [1.165, 1.54) is 12.0 Å². The van der Waals surface area contributed by atoms with Crippen LogP contribution in [-0.4, -0.2) is 41.5 Å². The van der Waals surface area contributed by atoms with E-state index in [4.69, 9.17) is 0 Å². The maximum atomic E-state index is 12.6. The second kappa shape index (κ2) is 9.28. The number of benzene rings is 1. The fourth-order valence-electron chi connectivity index (χ4n) is 3.63. The van der Waals surface area contributed by atoms with Gasteiger partial charge < -0.3 is 5.32 Å². The first-order valence-corrected chi connectivity index (χ1v) is 10.6. The molecule has 0 radical (unpaired) electrons. The van der Waals surface area contributed by atoms with Crippen molar-refractivity contribution in [2.75, 3.05) is 19.6 Å². The molecule has 1 amide bonds. The number of nitrogens with one attached hydrogen (secondary N) is 1. The molecule has 1 saturated heterocycles. The minimum absolute atomic E-state index is 0.0685. The van der Waals surface area contributed by atoms with Crippen LogP contribution in [0.15, 0.2) is 29.6 Å². The number of piperidine rings is 1. The highest BCUT2D eigenvalue weighted by Gasteiger charge is 2.27. The number of hydrogen-bond acceptors (Lipinski definition) is 4. The highest BCUT2D eigenvalue weighted by molar-refractivity contribution is 7.09. The largest absolute Gasteiger partial charge is 0.354 e. The standard InChI is InChI=1S/C21H29N3OS/c1-3-13-24-14-5-4-6-20(24)21(25)22-12-11-17-7-9-18(10-8-17)19-15-26-16(2)23-19/h7-10,15,20H,3-6,11-14H2,1-2H3,(H,22,25). The van der Waals surface area contributed by atoms with Gasteiger partial charge in [0.05, 0.1) is 16.7 Å². The fourth-order valence-corrected chi connectivity index (χ4v) is 4.25. The molecule has 1 aliphatic rings. The molecule has 2 heterocycles. The van der Waals surface area contributed by atoms with E-state index in [-0.39, 0.29) is 11.9 Å². The van der Waals surface area contributed by atoms with E-state index in [2.05, 4.69) is 51.8 Å². The molecule has 3 rings (SSSR count). The summed E-state index contributed by atoms with van der Waals surface area (Å²) in [6, 6.07) is 8.59. The summed E-state index contributed by atoms with van der Waals surface area (Å²) in [6.07, 6.45) is 5.34. The lowest BCUT2D eigenvalue weighted by molar-refractivity contribution is -0.127. The van der Waals surface area contributed by atoms with Gasteiger partial charge in [0.25, 0.3) is 0 Å². The quantitative estimate of drug-likeness (QED) is 0.799. The molecule has 1 N–H and O–H groups in total. The molecular formula is C21H29N3OS. The van der Waals surface area contributed by atoms with Crippen LogP contribution in [0.5, 0.6) is 0 Å². The molecule has 1 aromatic heterocycles. The van der Waals surface area contributed by atoms with E-state index in [0.717, 1.165) is 55.0 Å². The van der Waals surface area contributed by atoms with Crippen molar-refractivity contribution in [1.29, 1.82) is 0 Å². The van der Waals surface area contributed by atoms with Gasteiger partial charge in [0, 0.05) is 17.5 Å². The Bertz CT molecular complexity index is 708. The first kappa shape index (κ1) is 19.1. The van der Waals surface area contributed by atoms with E-state index in [1.807, 2.05) is 6.92 Å². The van der Waals surface area contributed by atoms with Crippen LogP contribution in [-0.2, 0) is 11.2 Å². The van der Waals surface area contributed by atoms with Crippen molar-refractivity contribution in [2.24, 2.45) is 0 Å². The number of hydrogen-bond donors (Lipinski definition) is 1. The zero-order valence-corrected chi connectivity index (χ0v) is 16.6. The fraction of sp³-hybridized carbons (Fsp3) is 0.524. The first-order valence-electron chi connectivity index (χ1n) is 9.70. The molecule has 1 fully saturated rings. The summed E-state index contributed by atoms with van der Waals surface area (Å²) in [7, 11) is 0. The summed E-state index contributed by atoms with van der Waals surface area (Å²) in [5.41, 5.74) is 3.44. The van der Waals surface area contributed by atoms with Crippen molar-refractivity contribution in [3.63, 3.8) is 0 Å². The van der Waals surface area contributed by atoms with Crippen molar-refractivity contribution in [2.45, 2.75) is 52.0 Å². The van der Waals surface area contributed by atoms with Gasteiger partial charge in [0.2, 0.25) is 5.91 Å². The zero-order chi connectivity index (χ0) is 18.4. The van der Waals surface area contributed by atoms with Gasteiger partial charge in [-0.1, -0.05) is 37.6 Å². The predicted octanol–water partition coefficient (Wildman–Crippen LogP) is 4.04. The Balaban J connectivity index is 1.49. The molecule has 1 unspecified atom stereocenters. The lowest BCUT2D eigenvalue weighted by Crippen LogP contribution is -2.50. The predicted molar refractivity (Wildman–Crippen MR) is 109 cm³/mol. The lowest BCUT2D eigenvalue weighted by atomic mass is 10.0. The van der Waals surface area contributed by atoms with Gasteiger partial charge in [-0.05, 0) is 51.3 Å². The van der Waals surface area contributed by atoms with Gasteiger partial charge in [0.1, 0.15) is 0 Å². The van der Waals surface area contributed by atoms with Crippen molar-refractivity contribution >= 4 is 17.2 Å². The maximum absolute atomic E-state index is 12.6. The van der Waals surface area contributed by atoms with Crippen LogP contribution in [0.4, 0.5) is 0 Å². The average Bonchev–Trinajstić information content (AvgIpc) is 3.09. The Morgan fingerprint density at radius 2 is 2.12 bits per heavy atom. The molecule has 5 heteroatoms. The van der Waals surface area contributed by atoms with Crippen molar-refractivity contribution in [3.05, 3.63) is 40.2 Å². The zero-order valence-electron chi connectivity index (χ0n) is 15.8. The summed E-state index contributed by atoms with van der Waals surface area (Å²) in [5.74, 6) is 0.202. The SMILES string of the molecule is CCCN1CCCCC1C(=O)NCCc1ccc(-c2csc(C)n2)cc1. The molecule has 2 aromatic rings. The molecule has 0 aliphatic carbocycles. The minimum Gasteiger partial charge on any atom is -0.354 e. The molecular weight excluding hydrogens is 342 g/mol. The van der Waals surface area contributed by atoms with Gasteiger partial charge in [0.15, 0.2) is 0 Å². The van der Waals surface area contributed by atoms with E-state index in [9.17, 15) is 4.79 Å². The molecule has 0 bridgehead atoms. The van der Waals surface area contributed by atoms with E-state index in [0.29, 0.717) is 6.54 Å². The summed E-state index contributed by atoms with van der Waals surface area (Å²) in [5, 5.41) is 6.33. The monoisotopic (exact) mass is 371 g/mol. The van der Waals surface area contributed by atoms with Gasteiger partial charge >= 0.3 is 0 Å². The normalized spacial score (nSPS) is 18.0. The summed E-state index contributed by atoms with van der Waals surface area (Å²) in [4.78, 5) is 19.4. The maximum Gasteiger partial charge on any atom is 0.237 e. The molecule has 140 valence electrons. The average molecular weight is 372 g/mol. The molecule has 1 aliphatic heterocycles. The van der Waals surface area contributed by atoms with Gasteiger partial charge in [-0.3, -0.25) is 9.69 Å². The van der Waals surface area contributed by atoms with Crippen LogP contribution in [0.1, 0.15) is 43.2 Å². The van der Waals surface area contributed by atoms with Crippen LogP contribution in [0, 0.1) is 6.92 Å². The van der Waals surface area contributed by atoms with E-state index in [1.54, 1.807) is 11.3 Å². The van der Waals surface area contributed by atoms with Crippen molar-refractivity contribution in [1.82, 2.24) is 15.2 Å². The van der Waals surface area contributed by atoms with Crippen LogP contribution in [0.25, 0.3) is 11.3 Å². The summed E-state index contributed by atoms with van der Waals surface area (Å²) in [6.45, 7) is 6.99. The van der Waals surface area contributed by atoms with Crippen LogP contribution in [0.2, 0.25) is 0 Å². The van der Waals surface area contributed by atoms with Crippen LogP contribution in [0.3, 0.4) is 0 Å². The topological polar surface area (TPSA) is 45.2 Å². The number of likely N-dealkylation sites (tertiary alicyclic amines) is 1. The number of nitrogens with zero attached hydrogens (tertiary/aromatic N) is 2. The molecule has 26 heavy (non-hydrogen) atoms.